The second kappa shape index (κ2) is 9.73. The molecule has 3 aromatic rings. The molecule has 6 nitrogen and oxygen atoms in total. The van der Waals surface area contributed by atoms with Crippen molar-refractivity contribution >= 4 is 11.8 Å². The first-order valence-corrected chi connectivity index (χ1v) is 10.7. The van der Waals surface area contributed by atoms with Gasteiger partial charge in [-0.2, -0.15) is 0 Å². The van der Waals surface area contributed by atoms with Gasteiger partial charge in [0.25, 0.3) is 5.91 Å². The zero-order chi connectivity index (χ0) is 23.4. The van der Waals surface area contributed by atoms with E-state index in [4.69, 9.17) is 9.47 Å². The predicted molar refractivity (Wildman–Crippen MR) is 123 cm³/mol. The largest absolute Gasteiger partial charge is 0.497 e. The van der Waals surface area contributed by atoms with Crippen LogP contribution in [0.15, 0.2) is 66.7 Å². The molecule has 3 aromatic carbocycles. The van der Waals surface area contributed by atoms with E-state index in [2.05, 4.69) is 5.32 Å². The molecule has 4 rings (SSSR count). The standard InChI is InChI=1S/C26H25FN2O4/c1-32-20-11-12-22(24(16-20)33-2)26(31)29-14-13-28-25(30)23(29)15-18-5-3-4-6-21(18)17-7-9-19(27)10-8-17/h3-12,16,23H,13-15H2,1-2H3,(H,28,30)/t23-/m1/s1. The number of nitrogens with one attached hydrogen (secondary N) is 1. The Balaban J connectivity index is 1.67. The lowest BCUT2D eigenvalue weighted by Crippen LogP contribution is -2.58. The summed E-state index contributed by atoms with van der Waals surface area (Å²) in [5.41, 5.74) is 3.00. The molecule has 0 spiro atoms. The summed E-state index contributed by atoms with van der Waals surface area (Å²) in [4.78, 5) is 28.0. The highest BCUT2D eigenvalue weighted by atomic mass is 19.1. The molecule has 0 saturated carbocycles. The van der Waals surface area contributed by atoms with Crippen molar-refractivity contribution in [2.24, 2.45) is 0 Å². The number of carbonyl (C=O) groups is 2. The maximum atomic E-state index is 13.5. The van der Waals surface area contributed by atoms with Gasteiger partial charge < -0.3 is 19.7 Å². The topological polar surface area (TPSA) is 67.9 Å². The minimum Gasteiger partial charge on any atom is -0.497 e. The Morgan fingerprint density at radius 2 is 1.82 bits per heavy atom. The van der Waals surface area contributed by atoms with Crippen molar-refractivity contribution in [3.8, 4) is 22.6 Å². The Bertz CT molecular complexity index is 1160. The fraction of sp³-hybridized carbons (Fsp3) is 0.231. The van der Waals surface area contributed by atoms with Gasteiger partial charge in [-0.1, -0.05) is 36.4 Å². The number of ether oxygens (including phenoxy) is 2. The summed E-state index contributed by atoms with van der Waals surface area (Å²) in [7, 11) is 3.03. The van der Waals surface area contributed by atoms with Gasteiger partial charge in [-0.15, -0.1) is 0 Å². The molecule has 1 saturated heterocycles. The molecule has 1 fully saturated rings. The number of halogens is 1. The monoisotopic (exact) mass is 448 g/mol. The van der Waals surface area contributed by atoms with E-state index in [1.165, 1.54) is 19.2 Å². The number of hydrogen-bond acceptors (Lipinski definition) is 4. The lowest BCUT2D eigenvalue weighted by Gasteiger charge is -2.35. The van der Waals surface area contributed by atoms with Crippen LogP contribution in [0.25, 0.3) is 11.1 Å². The van der Waals surface area contributed by atoms with Crippen LogP contribution in [0.4, 0.5) is 4.39 Å². The summed E-state index contributed by atoms with van der Waals surface area (Å²) in [6.07, 6.45) is 0.323. The van der Waals surface area contributed by atoms with E-state index in [9.17, 15) is 14.0 Å². The third-order valence-corrected chi connectivity index (χ3v) is 5.82. The average Bonchev–Trinajstić information content (AvgIpc) is 2.85. The molecule has 0 aliphatic carbocycles. The number of nitrogens with zero attached hydrogens (tertiary/aromatic N) is 1. The highest BCUT2D eigenvalue weighted by molar-refractivity contribution is 6.00. The fourth-order valence-corrected chi connectivity index (χ4v) is 4.11. The summed E-state index contributed by atoms with van der Waals surface area (Å²) in [5, 5.41) is 2.87. The van der Waals surface area contributed by atoms with Crippen LogP contribution in [0.2, 0.25) is 0 Å². The number of rotatable bonds is 6. The molecule has 0 aromatic heterocycles. The van der Waals surface area contributed by atoms with E-state index in [-0.39, 0.29) is 17.6 Å². The van der Waals surface area contributed by atoms with Gasteiger partial charge in [0.2, 0.25) is 5.91 Å². The molecule has 1 N–H and O–H groups in total. The second-order valence-corrected chi connectivity index (χ2v) is 7.74. The summed E-state index contributed by atoms with van der Waals surface area (Å²) in [6.45, 7) is 0.752. The van der Waals surface area contributed by atoms with Crippen LogP contribution < -0.4 is 14.8 Å². The predicted octanol–water partition coefficient (Wildman–Crippen LogP) is 3.69. The number of hydrogen-bond donors (Lipinski definition) is 1. The van der Waals surface area contributed by atoms with Crippen LogP contribution in [0.3, 0.4) is 0 Å². The van der Waals surface area contributed by atoms with E-state index < -0.39 is 6.04 Å². The summed E-state index contributed by atoms with van der Waals surface area (Å²) in [6, 6.07) is 18.2. The van der Waals surface area contributed by atoms with Crippen molar-refractivity contribution in [3.63, 3.8) is 0 Å². The highest BCUT2D eigenvalue weighted by Gasteiger charge is 2.35. The van der Waals surface area contributed by atoms with Gasteiger partial charge in [0.1, 0.15) is 23.4 Å². The van der Waals surface area contributed by atoms with Gasteiger partial charge in [-0.25, -0.2) is 4.39 Å². The minimum atomic E-state index is -0.695. The third-order valence-electron chi connectivity index (χ3n) is 5.82. The van der Waals surface area contributed by atoms with Crippen LogP contribution in [-0.4, -0.2) is 50.1 Å². The van der Waals surface area contributed by atoms with E-state index >= 15 is 0 Å². The highest BCUT2D eigenvalue weighted by Crippen LogP contribution is 2.29. The first-order chi connectivity index (χ1) is 16.0. The molecule has 1 heterocycles. The van der Waals surface area contributed by atoms with Crippen molar-refractivity contribution in [2.75, 3.05) is 27.3 Å². The Kier molecular flexibility index (Phi) is 6.58. The summed E-state index contributed by atoms with van der Waals surface area (Å²) in [5.74, 6) is 0.151. The molecule has 0 radical (unpaired) electrons. The smallest absolute Gasteiger partial charge is 0.258 e. The molecular formula is C26H25FN2O4. The Labute approximate surface area is 191 Å². The van der Waals surface area contributed by atoms with E-state index in [0.29, 0.717) is 36.6 Å². The summed E-state index contributed by atoms with van der Waals surface area (Å²) >= 11 is 0. The molecule has 0 bridgehead atoms. The van der Waals surface area contributed by atoms with Crippen molar-refractivity contribution < 1.29 is 23.5 Å². The first kappa shape index (κ1) is 22.3. The van der Waals surface area contributed by atoms with Crippen LogP contribution in [0.1, 0.15) is 15.9 Å². The van der Waals surface area contributed by atoms with Crippen LogP contribution in [0.5, 0.6) is 11.5 Å². The number of benzene rings is 3. The molecule has 33 heavy (non-hydrogen) atoms. The SMILES string of the molecule is COc1ccc(C(=O)N2CCNC(=O)[C@H]2Cc2ccccc2-c2ccc(F)cc2)c(OC)c1. The normalized spacial score (nSPS) is 15.7. The lowest BCUT2D eigenvalue weighted by atomic mass is 9.93. The van der Waals surface area contributed by atoms with Crippen molar-refractivity contribution in [1.82, 2.24) is 10.2 Å². The van der Waals surface area contributed by atoms with E-state index in [0.717, 1.165) is 16.7 Å². The number of piperazine rings is 1. The molecule has 7 heteroatoms. The number of carbonyl (C=O) groups excluding carboxylic acids is 2. The quantitative estimate of drug-likeness (QED) is 0.625. The minimum absolute atomic E-state index is 0.212. The van der Waals surface area contributed by atoms with Crippen molar-refractivity contribution in [3.05, 3.63) is 83.7 Å². The third kappa shape index (κ3) is 4.67. The number of amides is 2. The molecular weight excluding hydrogens is 423 g/mol. The van der Waals surface area contributed by atoms with Crippen LogP contribution >= 0.6 is 0 Å². The zero-order valence-electron chi connectivity index (χ0n) is 18.5. The van der Waals surface area contributed by atoms with Gasteiger partial charge in [0.15, 0.2) is 0 Å². The first-order valence-electron chi connectivity index (χ1n) is 10.7. The molecule has 0 unspecified atom stereocenters. The maximum Gasteiger partial charge on any atom is 0.258 e. The Hall–Kier alpha value is -3.87. The Morgan fingerprint density at radius 3 is 2.55 bits per heavy atom. The number of methoxy groups -OCH3 is 2. The van der Waals surface area contributed by atoms with Gasteiger partial charge in [0.05, 0.1) is 19.8 Å². The molecule has 2 amide bonds. The van der Waals surface area contributed by atoms with Gasteiger partial charge in [-0.3, -0.25) is 9.59 Å². The van der Waals surface area contributed by atoms with Crippen LogP contribution in [-0.2, 0) is 11.2 Å². The van der Waals surface area contributed by atoms with Gasteiger partial charge in [0, 0.05) is 25.6 Å². The van der Waals surface area contributed by atoms with Gasteiger partial charge >= 0.3 is 0 Å². The molecule has 1 aliphatic heterocycles. The zero-order valence-corrected chi connectivity index (χ0v) is 18.5. The Morgan fingerprint density at radius 1 is 1.06 bits per heavy atom. The second-order valence-electron chi connectivity index (χ2n) is 7.74. The summed E-state index contributed by atoms with van der Waals surface area (Å²) < 4.78 is 24.1. The molecule has 1 aliphatic rings. The van der Waals surface area contributed by atoms with Crippen LogP contribution in [0, 0.1) is 5.82 Å². The van der Waals surface area contributed by atoms with E-state index in [1.807, 2.05) is 24.3 Å². The van der Waals surface area contributed by atoms with E-state index in [1.54, 1.807) is 42.3 Å². The molecule has 1 atom stereocenters. The van der Waals surface area contributed by atoms with Gasteiger partial charge in [-0.05, 0) is 41.0 Å². The lowest BCUT2D eigenvalue weighted by molar-refractivity contribution is -0.127. The average molecular weight is 448 g/mol. The fourth-order valence-electron chi connectivity index (χ4n) is 4.11. The molecule has 170 valence electrons. The van der Waals surface area contributed by atoms with Crippen molar-refractivity contribution in [1.29, 1.82) is 0 Å². The maximum absolute atomic E-state index is 13.5. The van der Waals surface area contributed by atoms with Crippen molar-refractivity contribution in [2.45, 2.75) is 12.5 Å².